The number of thiophene rings is 1. The summed E-state index contributed by atoms with van der Waals surface area (Å²) in [5.74, 6) is 0.498. The van der Waals surface area contributed by atoms with Gasteiger partial charge in [-0.3, -0.25) is 0 Å². The van der Waals surface area contributed by atoms with Crippen molar-refractivity contribution in [3.63, 3.8) is 0 Å². The Morgan fingerprint density at radius 2 is 2.15 bits per heavy atom. The molecule has 0 atom stereocenters. The number of hydrogen-bond acceptors (Lipinski definition) is 2. The largest absolute Gasteiger partial charge is 0.142 e. The third-order valence-corrected chi connectivity index (χ3v) is 4.14. The first-order valence-electron chi connectivity index (χ1n) is 3.67. The lowest BCUT2D eigenvalue weighted by atomic mass is 10.1. The minimum absolute atomic E-state index is 0.498. The first-order chi connectivity index (χ1) is 6.24. The van der Waals surface area contributed by atoms with Gasteiger partial charge in [0.25, 0.3) is 0 Å². The molecule has 0 N–H and O–H groups in total. The molecule has 0 unspecified atom stereocenters. The maximum Gasteiger partial charge on any atom is 0.0584 e. The second kappa shape index (κ2) is 3.70. The van der Waals surface area contributed by atoms with Gasteiger partial charge >= 0.3 is 0 Å². The van der Waals surface area contributed by atoms with Crippen LogP contribution < -0.4 is 0 Å². The monoisotopic (exact) mass is 248 g/mol. The van der Waals surface area contributed by atoms with Gasteiger partial charge in [0, 0.05) is 21.5 Å². The quantitative estimate of drug-likeness (QED) is 0.555. The molecule has 4 heteroatoms. The van der Waals surface area contributed by atoms with Gasteiger partial charge in [0.2, 0.25) is 0 Å². The van der Waals surface area contributed by atoms with Crippen molar-refractivity contribution < 1.29 is 0 Å². The second-order valence-corrected chi connectivity index (χ2v) is 4.70. The molecule has 0 nitrogen and oxygen atoms in total. The Kier molecular flexibility index (Phi) is 2.75. The van der Waals surface area contributed by atoms with Crippen LogP contribution in [0.25, 0.3) is 10.1 Å². The first kappa shape index (κ1) is 9.66. The van der Waals surface area contributed by atoms with Crippen LogP contribution in [0.5, 0.6) is 0 Å². The molecule has 0 bridgehead atoms. The maximum atomic E-state index is 6.03. The zero-order valence-electron chi connectivity index (χ0n) is 6.55. The van der Waals surface area contributed by atoms with E-state index in [1.807, 2.05) is 17.5 Å². The second-order valence-electron chi connectivity index (χ2n) is 2.67. The van der Waals surface area contributed by atoms with Gasteiger partial charge in [0.1, 0.15) is 0 Å². The van der Waals surface area contributed by atoms with E-state index < -0.39 is 0 Å². The van der Waals surface area contributed by atoms with Gasteiger partial charge in [-0.2, -0.15) is 0 Å². The molecular formula is C9H6Cl2S2. The Balaban J connectivity index is 2.88. The van der Waals surface area contributed by atoms with Crippen molar-refractivity contribution in [2.45, 2.75) is 10.8 Å². The van der Waals surface area contributed by atoms with Crippen LogP contribution in [0.4, 0.5) is 0 Å². The van der Waals surface area contributed by atoms with Crippen LogP contribution in [0.3, 0.4) is 0 Å². The maximum absolute atomic E-state index is 6.03. The minimum Gasteiger partial charge on any atom is -0.142 e. The smallest absolute Gasteiger partial charge is 0.0584 e. The van der Waals surface area contributed by atoms with Crippen molar-refractivity contribution >= 4 is 57.3 Å². The number of benzene rings is 1. The number of hydrogen-bond donors (Lipinski definition) is 1. The summed E-state index contributed by atoms with van der Waals surface area (Å²) < 4.78 is 1.07. The normalized spacial score (nSPS) is 11.0. The number of thiol groups is 1. The fourth-order valence-corrected chi connectivity index (χ4v) is 3.17. The van der Waals surface area contributed by atoms with E-state index in [0.29, 0.717) is 5.88 Å². The topological polar surface area (TPSA) is 0 Å². The zero-order valence-corrected chi connectivity index (χ0v) is 9.77. The molecule has 1 aromatic heterocycles. The molecule has 0 amide bonds. The average molecular weight is 249 g/mol. The van der Waals surface area contributed by atoms with E-state index in [9.17, 15) is 0 Å². The summed E-state index contributed by atoms with van der Waals surface area (Å²) in [5.41, 5.74) is 1.09. The number of halogens is 2. The van der Waals surface area contributed by atoms with E-state index in [2.05, 4.69) is 12.6 Å². The third kappa shape index (κ3) is 1.57. The highest BCUT2D eigenvalue weighted by atomic mass is 35.5. The highest BCUT2D eigenvalue weighted by Crippen LogP contribution is 2.36. The van der Waals surface area contributed by atoms with Gasteiger partial charge in [-0.1, -0.05) is 17.7 Å². The molecule has 2 rings (SSSR count). The lowest BCUT2D eigenvalue weighted by Gasteiger charge is -2.00. The van der Waals surface area contributed by atoms with E-state index >= 15 is 0 Å². The predicted molar refractivity (Wildman–Crippen MR) is 63.6 cm³/mol. The van der Waals surface area contributed by atoms with Crippen LogP contribution >= 0.6 is 47.2 Å². The molecule has 1 aromatic carbocycles. The van der Waals surface area contributed by atoms with Crippen LogP contribution in [-0.2, 0) is 5.88 Å². The van der Waals surface area contributed by atoms with Crippen molar-refractivity contribution in [2.75, 3.05) is 0 Å². The van der Waals surface area contributed by atoms with E-state index in [1.165, 1.54) is 0 Å². The summed E-state index contributed by atoms with van der Waals surface area (Å²) in [5, 5.41) is 3.85. The van der Waals surface area contributed by atoms with E-state index in [0.717, 1.165) is 25.6 Å². The molecule has 1 heterocycles. The number of fused-ring (bicyclic) bond motifs is 1. The van der Waals surface area contributed by atoms with Crippen LogP contribution in [0.2, 0.25) is 5.02 Å². The molecule has 0 radical (unpaired) electrons. The molecule has 0 spiro atoms. The molecule has 2 aromatic rings. The summed E-state index contributed by atoms with van der Waals surface area (Å²) in [7, 11) is 0. The number of rotatable bonds is 1. The zero-order chi connectivity index (χ0) is 9.42. The standard InChI is InChI=1S/C9H6Cl2S2/c10-3-5-1-2-6(11)9-8(5)7(12)4-13-9/h1-2,4,12H,3H2. The third-order valence-electron chi connectivity index (χ3n) is 1.88. The van der Waals surface area contributed by atoms with Gasteiger partial charge < -0.3 is 0 Å². The van der Waals surface area contributed by atoms with Crippen LogP contribution in [-0.4, -0.2) is 0 Å². The highest BCUT2D eigenvalue weighted by molar-refractivity contribution is 7.80. The molecule has 13 heavy (non-hydrogen) atoms. The highest BCUT2D eigenvalue weighted by Gasteiger charge is 2.08. The minimum atomic E-state index is 0.498. The van der Waals surface area contributed by atoms with Gasteiger partial charge in [-0.15, -0.1) is 35.6 Å². The Labute approximate surface area is 95.9 Å². The van der Waals surface area contributed by atoms with Crippen LogP contribution in [0.1, 0.15) is 5.56 Å². The van der Waals surface area contributed by atoms with E-state index in [1.54, 1.807) is 11.3 Å². The lowest BCUT2D eigenvalue weighted by molar-refractivity contribution is 1.43. The SMILES string of the molecule is Sc1csc2c(Cl)ccc(CCl)c12. The van der Waals surface area contributed by atoms with Crippen molar-refractivity contribution in [1.29, 1.82) is 0 Å². The average Bonchev–Trinajstić information content (AvgIpc) is 2.51. The fraction of sp³-hybridized carbons (Fsp3) is 0.111. The van der Waals surface area contributed by atoms with Crippen LogP contribution in [0.15, 0.2) is 22.4 Å². The van der Waals surface area contributed by atoms with E-state index in [-0.39, 0.29) is 0 Å². The summed E-state index contributed by atoms with van der Waals surface area (Å²) in [6, 6.07) is 3.83. The first-order valence-corrected chi connectivity index (χ1v) is 5.91. The van der Waals surface area contributed by atoms with Crippen molar-refractivity contribution in [3.05, 3.63) is 28.1 Å². The molecule has 0 saturated carbocycles. The Morgan fingerprint density at radius 1 is 1.38 bits per heavy atom. The molecular weight excluding hydrogens is 243 g/mol. The molecule has 68 valence electrons. The summed E-state index contributed by atoms with van der Waals surface area (Å²) in [6.07, 6.45) is 0. The molecule has 0 fully saturated rings. The van der Waals surface area contributed by atoms with Gasteiger partial charge in [-0.05, 0) is 11.6 Å². The molecule has 0 aliphatic rings. The summed E-state index contributed by atoms with van der Waals surface area (Å²) >= 11 is 17.8. The lowest BCUT2D eigenvalue weighted by Crippen LogP contribution is -1.79. The Hall–Kier alpha value is 0.110. The van der Waals surface area contributed by atoms with Crippen LogP contribution in [0, 0.1) is 0 Å². The van der Waals surface area contributed by atoms with Crippen molar-refractivity contribution in [1.82, 2.24) is 0 Å². The predicted octanol–water partition coefficient (Wildman–Crippen LogP) is 4.58. The van der Waals surface area contributed by atoms with E-state index in [4.69, 9.17) is 23.2 Å². The summed E-state index contributed by atoms with van der Waals surface area (Å²) in [4.78, 5) is 0.957. The van der Waals surface area contributed by atoms with Crippen molar-refractivity contribution in [3.8, 4) is 0 Å². The van der Waals surface area contributed by atoms with Gasteiger partial charge in [-0.25, -0.2) is 0 Å². The molecule has 0 aliphatic heterocycles. The van der Waals surface area contributed by atoms with Gasteiger partial charge in [0.15, 0.2) is 0 Å². The molecule has 0 aliphatic carbocycles. The number of alkyl halides is 1. The Bertz CT molecular complexity index is 448. The fourth-order valence-electron chi connectivity index (χ4n) is 1.28. The van der Waals surface area contributed by atoms with Crippen molar-refractivity contribution in [2.24, 2.45) is 0 Å². The molecule has 0 saturated heterocycles. The van der Waals surface area contributed by atoms with Gasteiger partial charge in [0.05, 0.1) is 9.72 Å². The summed E-state index contributed by atoms with van der Waals surface area (Å²) in [6.45, 7) is 0. The Morgan fingerprint density at radius 3 is 2.85 bits per heavy atom.